The maximum Gasteiger partial charge on any atom is 0.131 e. The first-order valence-electron chi connectivity index (χ1n) is 2.90. The Hall–Kier alpha value is -0.690. The van der Waals surface area contributed by atoms with Crippen LogP contribution in [-0.2, 0) is 4.74 Å². The SMILES string of the molecule is C=CC(=C)OC(C)C(=C)Cl. The summed E-state index contributed by atoms with van der Waals surface area (Å²) in [5.41, 5.74) is 0. The van der Waals surface area contributed by atoms with E-state index in [1.807, 2.05) is 0 Å². The molecule has 0 spiro atoms. The van der Waals surface area contributed by atoms with Gasteiger partial charge in [0.05, 0.1) is 5.03 Å². The van der Waals surface area contributed by atoms with E-state index in [2.05, 4.69) is 19.7 Å². The van der Waals surface area contributed by atoms with Gasteiger partial charge in [-0.25, -0.2) is 0 Å². The Balaban J connectivity index is 3.79. The molecule has 1 nitrogen and oxygen atoms in total. The van der Waals surface area contributed by atoms with Crippen molar-refractivity contribution >= 4 is 11.6 Å². The van der Waals surface area contributed by atoms with Gasteiger partial charge in [0.2, 0.25) is 0 Å². The minimum absolute atomic E-state index is 0.202. The molecule has 1 atom stereocenters. The molecule has 0 fully saturated rings. The Morgan fingerprint density at radius 1 is 1.60 bits per heavy atom. The van der Waals surface area contributed by atoms with E-state index in [1.165, 1.54) is 6.08 Å². The molecular formula is C8H11ClO. The van der Waals surface area contributed by atoms with Crippen LogP contribution in [0.5, 0.6) is 0 Å². The van der Waals surface area contributed by atoms with Crippen LogP contribution >= 0.6 is 11.6 Å². The summed E-state index contributed by atoms with van der Waals surface area (Å²) in [6.07, 6.45) is 1.32. The van der Waals surface area contributed by atoms with Crippen molar-refractivity contribution in [2.75, 3.05) is 0 Å². The maximum absolute atomic E-state index is 5.53. The molecule has 0 heterocycles. The fourth-order valence-corrected chi connectivity index (χ4v) is 0.384. The van der Waals surface area contributed by atoms with Crippen molar-refractivity contribution in [3.63, 3.8) is 0 Å². The third kappa shape index (κ3) is 3.36. The molecule has 56 valence electrons. The van der Waals surface area contributed by atoms with E-state index in [0.717, 1.165) is 0 Å². The smallest absolute Gasteiger partial charge is 0.131 e. The molecule has 0 aromatic carbocycles. The van der Waals surface area contributed by atoms with E-state index >= 15 is 0 Å². The van der Waals surface area contributed by atoms with Gasteiger partial charge in [-0.1, -0.05) is 31.3 Å². The van der Waals surface area contributed by atoms with Crippen molar-refractivity contribution < 1.29 is 4.74 Å². The lowest BCUT2D eigenvalue weighted by Gasteiger charge is -2.11. The molecule has 0 saturated carbocycles. The van der Waals surface area contributed by atoms with Gasteiger partial charge in [0, 0.05) is 0 Å². The van der Waals surface area contributed by atoms with Gasteiger partial charge in [-0.15, -0.1) is 0 Å². The number of rotatable bonds is 4. The highest BCUT2D eigenvalue weighted by molar-refractivity contribution is 6.29. The van der Waals surface area contributed by atoms with E-state index in [-0.39, 0.29) is 6.10 Å². The Labute approximate surface area is 66.6 Å². The summed E-state index contributed by atoms with van der Waals surface area (Å²) in [6.45, 7) is 12.3. The Kier molecular flexibility index (Phi) is 3.89. The molecule has 0 aromatic rings. The molecule has 0 aliphatic carbocycles. The molecule has 0 radical (unpaired) electrons. The van der Waals surface area contributed by atoms with Gasteiger partial charge < -0.3 is 4.74 Å². The predicted octanol–water partition coefficient (Wildman–Crippen LogP) is 2.84. The number of halogens is 1. The predicted molar refractivity (Wildman–Crippen MR) is 44.9 cm³/mol. The molecule has 0 aliphatic rings. The zero-order chi connectivity index (χ0) is 8.15. The van der Waals surface area contributed by atoms with Crippen LogP contribution in [0.4, 0.5) is 0 Å². The lowest BCUT2D eigenvalue weighted by molar-refractivity contribution is 0.179. The van der Waals surface area contributed by atoms with Gasteiger partial charge >= 0.3 is 0 Å². The zero-order valence-corrected chi connectivity index (χ0v) is 6.82. The highest BCUT2D eigenvalue weighted by atomic mass is 35.5. The van der Waals surface area contributed by atoms with Crippen LogP contribution in [0.15, 0.2) is 36.6 Å². The van der Waals surface area contributed by atoms with E-state index in [1.54, 1.807) is 6.92 Å². The van der Waals surface area contributed by atoms with Gasteiger partial charge in [-0.2, -0.15) is 0 Å². The molecule has 0 amide bonds. The van der Waals surface area contributed by atoms with Crippen LogP contribution in [0.1, 0.15) is 6.92 Å². The standard InChI is InChI=1S/C8H11ClO/c1-5-6(2)10-8(4)7(3)9/h5,8H,1-3H2,4H3. The summed E-state index contributed by atoms with van der Waals surface area (Å²) in [7, 11) is 0. The van der Waals surface area contributed by atoms with E-state index in [0.29, 0.717) is 10.8 Å². The summed E-state index contributed by atoms with van der Waals surface area (Å²) in [6, 6.07) is 0. The quantitative estimate of drug-likeness (QED) is 0.452. The largest absolute Gasteiger partial charge is 0.486 e. The minimum Gasteiger partial charge on any atom is -0.486 e. The minimum atomic E-state index is -0.202. The van der Waals surface area contributed by atoms with E-state index < -0.39 is 0 Å². The van der Waals surface area contributed by atoms with Crippen LogP contribution in [0, 0.1) is 0 Å². The van der Waals surface area contributed by atoms with E-state index in [9.17, 15) is 0 Å². The Morgan fingerprint density at radius 3 is 2.40 bits per heavy atom. The molecule has 2 heteroatoms. The van der Waals surface area contributed by atoms with Gasteiger partial charge in [-0.05, 0) is 13.0 Å². The van der Waals surface area contributed by atoms with Crippen LogP contribution in [0.2, 0.25) is 0 Å². The second-order valence-electron chi connectivity index (χ2n) is 1.88. The second kappa shape index (κ2) is 4.18. The van der Waals surface area contributed by atoms with Crippen molar-refractivity contribution in [2.45, 2.75) is 13.0 Å². The topological polar surface area (TPSA) is 9.23 Å². The number of allylic oxidation sites excluding steroid dienone is 1. The number of hydrogen-bond acceptors (Lipinski definition) is 1. The molecule has 10 heavy (non-hydrogen) atoms. The molecule has 0 rings (SSSR count). The molecule has 0 aromatic heterocycles. The highest BCUT2D eigenvalue weighted by Gasteiger charge is 2.03. The molecule has 0 bridgehead atoms. The van der Waals surface area contributed by atoms with Crippen molar-refractivity contribution in [3.05, 3.63) is 36.6 Å². The van der Waals surface area contributed by atoms with Crippen LogP contribution in [0.3, 0.4) is 0 Å². The van der Waals surface area contributed by atoms with E-state index in [4.69, 9.17) is 16.3 Å². The van der Waals surface area contributed by atoms with Crippen molar-refractivity contribution in [1.29, 1.82) is 0 Å². The maximum atomic E-state index is 5.53. The summed E-state index contributed by atoms with van der Waals surface area (Å²) in [5, 5.41) is 0.461. The first-order valence-corrected chi connectivity index (χ1v) is 3.28. The first-order chi connectivity index (χ1) is 4.57. The molecule has 1 unspecified atom stereocenters. The Morgan fingerprint density at radius 2 is 2.10 bits per heavy atom. The summed E-state index contributed by atoms with van der Waals surface area (Å²) < 4.78 is 5.12. The third-order valence-corrected chi connectivity index (χ3v) is 1.30. The molecule has 0 aliphatic heterocycles. The fourth-order valence-electron chi connectivity index (χ4n) is 0.339. The van der Waals surface area contributed by atoms with Gasteiger partial charge in [-0.3, -0.25) is 0 Å². The normalized spacial score (nSPS) is 11.8. The van der Waals surface area contributed by atoms with Crippen LogP contribution in [0.25, 0.3) is 0 Å². The number of hydrogen-bond donors (Lipinski definition) is 0. The van der Waals surface area contributed by atoms with Crippen molar-refractivity contribution in [3.8, 4) is 0 Å². The molecule has 0 saturated heterocycles. The molecular weight excluding hydrogens is 148 g/mol. The van der Waals surface area contributed by atoms with Gasteiger partial charge in [0.15, 0.2) is 0 Å². The van der Waals surface area contributed by atoms with Crippen molar-refractivity contribution in [1.82, 2.24) is 0 Å². The zero-order valence-electron chi connectivity index (χ0n) is 6.06. The first kappa shape index (κ1) is 9.31. The number of ether oxygens (including phenoxy) is 1. The monoisotopic (exact) mass is 158 g/mol. The average molecular weight is 159 g/mol. The Bertz CT molecular complexity index is 161. The average Bonchev–Trinajstić information content (AvgIpc) is 1.87. The summed E-state index contributed by atoms with van der Waals surface area (Å²) in [5.74, 6) is 0.509. The lowest BCUT2D eigenvalue weighted by Crippen LogP contribution is -2.05. The van der Waals surface area contributed by atoms with Crippen LogP contribution in [-0.4, -0.2) is 6.10 Å². The lowest BCUT2D eigenvalue weighted by atomic mass is 10.4. The second-order valence-corrected chi connectivity index (χ2v) is 2.36. The summed E-state index contributed by atoms with van der Waals surface area (Å²) >= 11 is 5.53. The third-order valence-electron chi connectivity index (χ3n) is 0.997. The van der Waals surface area contributed by atoms with Crippen LogP contribution < -0.4 is 0 Å². The fraction of sp³-hybridized carbons (Fsp3) is 0.250. The molecule has 0 N–H and O–H groups in total. The van der Waals surface area contributed by atoms with Gasteiger partial charge in [0.25, 0.3) is 0 Å². The summed E-state index contributed by atoms with van der Waals surface area (Å²) in [4.78, 5) is 0. The van der Waals surface area contributed by atoms with Gasteiger partial charge in [0.1, 0.15) is 11.9 Å². The van der Waals surface area contributed by atoms with Crippen molar-refractivity contribution in [2.24, 2.45) is 0 Å². The highest BCUT2D eigenvalue weighted by Crippen LogP contribution is 2.11.